The van der Waals surface area contributed by atoms with E-state index in [1.54, 1.807) is 54.6 Å². The van der Waals surface area contributed by atoms with Crippen LogP contribution in [-0.2, 0) is 61.9 Å². The Hall–Kier alpha value is -6.78. The average molecular weight is 1420 g/mol. The Kier molecular flexibility index (Phi) is 42.7. The molecule has 0 aromatic heterocycles. The quantitative estimate of drug-likeness (QED) is 0.0376. The van der Waals surface area contributed by atoms with Crippen LogP contribution in [0.2, 0.25) is 0 Å². The fourth-order valence-corrected chi connectivity index (χ4v) is 10.9. The molecule has 0 N–H and O–H groups in total. The van der Waals surface area contributed by atoms with Crippen molar-refractivity contribution in [2.45, 2.75) is 131 Å². The lowest BCUT2D eigenvalue weighted by Gasteiger charge is -2.55. The number of likely N-dealkylation sites (N-methyl/N-ethyl adjacent to an activating group) is 5. The van der Waals surface area contributed by atoms with Crippen LogP contribution in [-0.4, -0.2) is 261 Å². The van der Waals surface area contributed by atoms with Gasteiger partial charge in [0.05, 0.1) is 134 Å². The second-order valence-electron chi connectivity index (χ2n) is 33.7. The third-order valence-corrected chi connectivity index (χ3v) is 16.2. The van der Waals surface area contributed by atoms with Crippen LogP contribution < -0.4 is 0 Å². The number of unbranched alkanes of at least 4 members (excludes halogenated alkanes) is 2. The number of benzene rings is 3. The minimum Gasteiger partial charge on any atom is -0.457 e. The maximum atomic E-state index is 12.6. The smallest absolute Gasteiger partial charge is 0.344 e. The van der Waals surface area contributed by atoms with Gasteiger partial charge in [-0.2, -0.15) is 0 Å². The molecule has 5 fully saturated rings. The number of nitrogens with zero attached hydrogens (tertiary/aromatic N) is 5. The van der Waals surface area contributed by atoms with Crippen molar-refractivity contribution in [3.8, 4) is 0 Å². The van der Waals surface area contributed by atoms with Crippen LogP contribution in [0.1, 0.15) is 163 Å². The topological polar surface area (TPSA) is 210 Å². The van der Waals surface area contributed by atoms with Crippen molar-refractivity contribution in [2.24, 2.45) is 34.5 Å². The lowest BCUT2D eigenvalue weighted by Crippen LogP contribution is -2.50. The number of carbonyl (C=O) groups is 8. The Morgan fingerprint density at radius 3 is 0.921 bits per heavy atom. The lowest BCUT2D eigenvalue weighted by atomic mass is 9.49. The number of esters is 8. The largest absolute Gasteiger partial charge is 0.457 e. The number of hydrogen-bond donors (Lipinski definition) is 0. The minimum absolute atomic E-state index is 0.0206. The third kappa shape index (κ3) is 48.7. The van der Waals surface area contributed by atoms with Gasteiger partial charge in [0.2, 0.25) is 0 Å². The summed E-state index contributed by atoms with van der Waals surface area (Å²) in [5, 5.41) is 0. The molecule has 5 saturated carbocycles. The Balaban J connectivity index is 0.000000614. The van der Waals surface area contributed by atoms with Gasteiger partial charge in [-0.1, -0.05) is 135 Å². The predicted molar refractivity (Wildman–Crippen MR) is 397 cm³/mol. The van der Waals surface area contributed by atoms with Crippen LogP contribution in [0.5, 0.6) is 0 Å². The van der Waals surface area contributed by atoms with Crippen LogP contribution in [0.4, 0.5) is 0 Å². The molecule has 0 amide bonds. The van der Waals surface area contributed by atoms with Gasteiger partial charge in [-0.05, 0) is 111 Å². The first-order chi connectivity index (χ1) is 46.9. The van der Waals surface area contributed by atoms with E-state index in [1.165, 1.54) is 44.9 Å². The molecular weight excluding hydrogens is 1290 g/mol. The van der Waals surface area contributed by atoms with E-state index in [2.05, 4.69) is 83.8 Å². The van der Waals surface area contributed by atoms with Crippen LogP contribution in [0.15, 0.2) is 91.0 Å². The molecule has 4 bridgehead atoms. The summed E-state index contributed by atoms with van der Waals surface area (Å²) in [6.07, 6.45) is 16.0. The van der Waals surface area contributed by atoms with Gasteiger partial charge in [0.25, 0.3) is 0 Å². The van der Waals surface area contributed by atoms with Crippen LogP contribution in [0.3, 0.4) is 0 Å². The molecular formula is C80H136N5O16+5. The Bertz CT molecular complexity index is 2730. The first-order valence-electron chi connectivity index (χ1n) is 36.4. The van der Waals surface area contributed by atoms with E-state index in [0.29, 0.717) is 83.9 Å². The number of ether oxygens (including phenoxy) is 8. The maximum absolute atomic E-state index is 12.6. The summed E-state index contributed by atoms with van der Waals surface area (Å²) < 4.78 is 44.4. The van der Waals surface area contributed by atoms with Crippen LogP contribution in [0, 0.1) is 34.5 Å². The first-order valence-corrected chi connectivity index (χ1v) is 36.4. The van der Waals surface area contributed by atoms with Gasteiger partial charge in [0.1, 0.15) is 65.8 Å². The van der Waals surface area contributed by atoms with Crippen molar-refractivity contribution >= 4 is 47.8 Å². The molecule has 21 nitrogen and oxygen atoms in total. The third-order valence-electron chi connectivity index (χ3n) is 16.2. The molecule has 0 radical (unpaired) electrons. The lowest BCUT2D eigenvalue weighted by molar-refractivity contribution is -0.870. The van der Waals surface area contributed by atoms with Crippen molar-refractivity contribution in [2.75, 3.05) is 191 Å². The zero-order chi connectivity index (χ0) is 76.5. The molecule has 572 valence electrons. The van der Waals surface area contributed by atoms with Crippen molar-refractivity contribution in [1.29, 1.82) is 0 Å². The van der Waals surface area contributed by atoms with Crippen molar-refractivity contribution in [3.05, 3.63) is 108 Å². The van der Waals surface area contributed by atoms with E-state index in [4.69, 9.17) is 37.9 Å². The van der Waals surface area contributed by atoms with Gasteiger partial charge in [0, 0.05) is 0 Å². The zero-order valence-corrected chi connectivity index (χ0v) is 66.3. The normalized spacial score (nSPS) is 17.6. The van der Waals surface area contributed by atoms with Crippen molar-refractivity contribution < 1.29 is 98.7 Å². The van der Waals surface area contributed by atoms with Gasteiger partial charge in [-0.25, -0.2) is 28.8 Å². The van der Waals surface area contributed by atoms with Crippen LogP contribution >= 0.6 is 0 Å². The van der Waals surface area contributed by atoms with E-state index in [9.17, 15) is 38.4 Å². The SMILES string of the molecule is CC(C)(C)C.CCCCC.C[N+](C)(C)CCOC(=O)COC(=O)C12CC3CC(CC(C3)C1)C2.C[N+](C)(C)CCOC(=O)COC(=O)C1CCCCC1.C[N+](C)(C)CCOC(=O)COC(=O)c1ccccc1.C[N+](C)(C)CCOC(=O)c1ccccc1.C[N+](C)(C)CCOC(=O)c1ccccc1. The Morgan fingerprint density at radius 1 is 0.376 bits per heavy atom. The first kappa shape index (κ1) is 92.2. The van der Waals surface area contributed by atoms with E-state index >= 15 is 0 Å². The highest BCUT2D eigenvalue weighted by Gasteiger charge is 2.55. The molecule has 0 aliphatic heterocycles. The summed E-state index contributed by atoms with van der Waals surface area (Å²) in [6, 6.07) is 26.6. The summed E-state index contributed by atoms with van der Waals surface area (Å²) in [5.41, 5.74) is 1.84. The summed E-state index contributed by atoms with van der Waals surface area (Å²) in [6.45, 7) is 18.1. The Morgan fingerprint density at radius 2 is 0.644 bits per heavy atom. The highest BCUT2D eigenvalue weighted by molar-refractivity contribution is 5.91. The van der Waals surface area contributed by atoms with Gasteiger partial charge >= 0.3 is 47.8 Å². The van der Waals surface area contributed by atoms with Gasteiger partial charge in [-0.3, -0.25) is 9.59 Å². The fraction of sp³-hybridized carbons (Fsp3) is 0.675. The maximum Gasteiger partial charge on any atom is 0.344 e. The molecule has 0 atom stereocenters. The summed E-state index contributed by atoms with van der Waals surface area (Å²) >= 11 is 0. The number of quaternary nitrogens is 5. The molecule has 0 heterocycles. The minimum atomic E-state index is -0.530. The molecule has 0 saturated heterocycles. The number of carbonyl (C=O) groups excluding carboxylic acids is 8. The monoisotopic (exact) mass is 1420 g/mol. The molecule has 101 heavy (non-hydrogen) atoms. The molecule has 0 unspecified atom stereocenters. The van der Waals surface area contributed by atoms with E-state index in [1.807, 2.05) is 99.8 Å². The summed E-state index contributed by atoms with van der Waals surface area (Å²) in [7, 11) is 30.6. The second-order valence-corrected chi connectivity index (χ2v) is 33.7. The molecule has 21 heteroatoms. The molecule has 5 aliphatic carbocycles. The van der Waals surface area contributed by atoms with Gasteiger partial charge in [0.15, 0.2) is 19.8 Å². The van der Waals surface area contributed by atoms with Crippen LogP contribution in [0.25, 0.3) is 0 Å². The predicted octanol–water partition coefficient (Wildman–Crippen LogP) is 11.8. The highest BCUT2D eigenvalue weighted by atomic mass is 16.6. The molecule has 8 rings (SSSR count). The zero-order valence-electron chi connectivity index (χ0n) is 66.3. The molecule has 3 aromatic rings. The van der Waals surface area contributed by atoms with Gasteiger partial charge in [-0.15, -0.1) is 0 Å². The summed E-state index contributed by atoms with van der Waals surface area (Å²) in [5.74, 6) is -0.763. The van der Waals surface area contributed by atoms with E-state index in [-0.39, 0.29) is 55.0 Å². The second kappa shape index (κ2) is 46.8. The summed E-state index contributed by atoms with van der Waals surface area (Å²) in [4.78, 5) is 93.4. The molecule has 3 aromatic carbocycles. The van der Waals surface area contributed by atoms with Crippen molar-refractivity contribution in [1.82, 2.24) is 0 Å². The molecule has 5 aliphatic rings. The average Bonchev–Trinajstić information content (AvgIpc) is 0.744. The van der Waals surface area contributed by atoms with Crippen molar-refractivity contribution in [3.63, 3.8) is 0 Å². The van der Waals surface area contributed by atoms with Gasteiger partial charge < -0.3 is 60.3 Å². The Labute approximate surface area is 608 Å². The van der Waals surface area contributed by atoms with E-state index in [0.717, 1.165) is 89.1 Å². The highest BCUT2D eigenvalue weighted by Crippen LogP contribution is 2.60. The standard InChI is InChI=1S/C18H30NO4.C14H26NO4.C14H20NO4.2C12H18NO2.2C5H12/c1-19(2,3)4-5-22-16(20)12-23-17(21)18-9-13-6-14(10-18)8-15(7-13)11-18;2*1-15(2,3)9-10-18-13(16)11-19-14(17)12-7-5-4-6-8-12;2*1-13(2,3)9-10-15-12(14)11-7-5-4-6-8-11;1-5(2,3)4;1-3-5-4-2/h13-15H,4-12H2,1-3H3;12H,4-11H2,1-3H3;4-8H,9-11H2,1-3H3;2*4-8H,9-10H2,1-3H3;1-4H3;3-5H2,1-2H3/q5*+1;;. The molecule has 0 spiro atoms. The number of rotatable bonds is 28. The van der Waals surface area contributed by atoms with E-state index < -0.39 is 23.9 Å². The number of hydrogen-bond acceptors (Lipinski definition) is 16. The fourth-order valence-electron chi connectivity index (χ4n) is 10.9.